The first-order valence-corrected chi connectivity index (χ1v) is 15.6. The van der Waals surface area contributed by atoms with Crippen LogP contribution in [0.25, 0.3) is 0 Å². The molecule has 0 saturated heterocycles. The zero-order chi connectivity index (χ0) is 28.9. The van der Waals surface area contributed by atoms with Gasteiger partial charge in [-0.3, -0.25) is 0 Å². The predicted octanol–water partition coefficient (Wildman–Crippen LogP) is 2.66. The molecule has 12 heteroatoms. The molecule has 0 N–H and O–H groups in total. The van der Waals surface area contributed by atoms with Gasteiger partial charge in [-0.2, -0.15) is 0 Å². The van der Waals surface area contributed by atoms with Gasteiger partial charge in [-0.1, -0.05) is 39.5 Å². The summed E-state index contributed by atoms with van der Waals surface area (Å²) in [5.41, 5.74) is 0. The van der Waals surface area contributed by atoms with E-state index in [0.29, 0.717) is 0 Å². The van der Waals surface area contributed by atoms with Crippen LogP contribution in [0.5, 0.6) is 0 Å². The monoisotopic (exact) mass is 570 g/mol. The van der Waals surface area contributed by atoms with Crippen LogP contribution < -0.4 is 9.13 Å². The molecular weight excluding hydrogens is 528 g/mol. The van der Waals surface area contributed by atoms with E-state index < -0.39 is 30.0 Å². The van der Waals surface area contributed by atoms with Crippen LogP contribution in [-0.4, -0.2) is 35.1 Å². The van der Waals surface area contributed by atoms with Crippen LogP contribution in [0.15, 0.2) is 58.8 Å². The van der Waals surface area contributed by atoms with E-state index in [9.17, 15) is 25.9 Å². The minimum absolute atomic E-state index is 0.579. The molecule has 0 bridgehead atoms. The Balaban J connectivity index is 0.000000286. The van der Waals surface area contributed by atoms with Crippen molar-refractivity contribution in [3.8, 4) is 0 Å². The van der Waals surface area contributed by atoms with Crippen molar-refractivity contribution in [2.75, 3.05) is 0 Å². The number of aryl methyl sites for hydroxylation is 4. The Kier molecular flexibility index (Phi) is 13.9. The van der Waals surface area contributed by atoms with Gasteiger partial charge in [0.1, 0.15) is 45.0 Å². The van der Waals surface area contributed by atoms with Crippen LogP contribution in [-0.2, 0) is 61.3 Å². The number of benzene rings is 1. The highest BCUT2D eigenvalue weighted by Gasteiger charge is 2.10. The van der Waals surface area contributed by atoms with Gasteiger partial charge in [-0.05, 0) is 37.1 Å². The molecule has 0 saturated carbocycles. The van der Waals surface area contributed by atoms with E-state index in [0.717, 1.165) is 24.3 Å². The second kappa shape index (κ2) is 15.8. The van der Waals surface area contributed by atoms with E-state index in [2.05, 4.69) is 85.1 Å². The number of unbranched alkanes of at least 4 members (excludes halogenated alkanes) is 4. The lowest BCUT2D eigenvalue weighted by Crippen LogP contribution is -2.31. The van der Waals surface area contributed by atoms with E-state index >= 15 is 0 Å². The van der Waals surface area contributed by atoms with Gasteiger partial charge in [0.25, 0.3) is 11.6 Å². The van der Waals surface area contributed by atoms with Crippen molar-refractivity contribution in [3.63, 3.8) is 0 Å². The Hall–Kier alpha value is -2.54. The molecule has 3 rings (SSSR count). The third-order valence-corrected chi connectivity index (χ3v) is 7.76. The minimum Gasteiger partial charge on any atom is -0.744 e. The van der Waals surface area contributed by atoms with Gasteiger partial charge in [0, 0.05) is 12.8 Å². The summed E-state index contributed by atoms with van der Waals surface area (Å²) in [6.45, 7) is 4.48. The van der Waals surface area contributed by atoms with Gasteiger partial charge in [0.15, 0.2) is 0 Å². The molecule has 3 aromatic rings. The van der Waals surface area contributed by atoms with E-state index in [1.165, 1.54) is 63.0 Å². The number of aromatic nitrogens is 4. The molecule has 0 aliphatic heterocycles. The van der Waals surface area contributed by atoms with Crippen LogP contribution in [0.4, 0.5) is 0 Å². The summed E-state index contributed by atoms with van der Waals surface area (Å²) < 4.78 is 71.3. The summed E-state index contributed by atoms with van der Waals surface area (Å²) in [6.07, 6.45) is 18.7. The predicted molar refractivity (Wildman–Crippen MR) is 142 cm³/mol. The average molecular weight is 571 g/mol. The molecule has 0 radical (unpaired) electrons. The lowest BCUT2D eigenvalue weighted by atomic mass is 10.2. The highest BCUT2D eigenvalue weighted by Crippen LogP contribution is 2.13. The third-order valence-electron chi connectivity index (χ3n) is 6.07. The molecule has 0 fully saturated rings. The van der Waals surface area contributed by atoms with Gasteiger partial charge in [0.05, 0.1) is 38.0 Å². The van der Waals surface area contributed by atoms with Crippen LogP contribution >= 0.6 is 0 Å². The molecule has 0 aliphatic rings. The van der Waals surface area contributed by atoms with Crippen molar-refractivity contribution in [1.29, 1.82) is 0 Å². The fourth-order valence-corrected chi connectivity index (χ4v) is 4.73. The van der Waals surface area contributed by atoms with Gasteiger partial charge in [-0.15, -0.1) is 0 Å². The molecule has 2 heterocycles. The highest BCUT2D eigenvalue weighted by molar-refractivity contribution is 7.86. The normalized spacial score (nSPS) is 11.4. The third kappa shape index (κ3) is 11.5. The summed E-state index contributed by atoms with van der Waals surface area (Å²) in [5.74, 6) is 2.84. The van der Waals surface area contributed by atoms with E-state index in [-0.39, 0.29) is 0 Å². The quantitative estimate of drug-likeness (QED) is 0.209. The molecule has 38 heavy (non-hydrogen) atoms. The van der Waals surface area contributed by atoms with Crippen LogP contribution in [0, 0.1) is 0 Å². The SMILES string of the molecule is CCCCCc1n(C)cc[n+]1C.CCCCCc1n(C)cc[n+]1C.O=S(=O)([O-])c1ccc(S(=O)(=O)[O-])cc1. The van der Waals surface area contributed by atoms with Gasteiger partial charge in [-0.25, -0.2) is 35.1 Å². The first kappa shape index (κ1) is 33.5. The highest BCUT2D eigenvalue weighted by atomic mass is 32.2. The Bertz CT molecular complexity index is 1190. The van der Waals surface area contributed by atoms with Crippen LogP contribution in [0.1, 0.15) is 64.0 Å². The standard InChI is InChI=1S/2C10H19N2.C6H6O6S2/c2*1-4-5-6-7-10-11(2)8-9-12(10)3;7-13(8,9)5-1-2-6(4-3-5)14(10,11)12/h2*8-9H,4-7H2,1-3H3;1-4H,(H,7,8,9)(H,10,11,12)/q2*+1;/p-2. The number of imidazole rings is 2. The zero-order valence-corrected chi connectivity index (χ0v) is 25.0. The lowest BCUT2D eigenvalue weighted by molar-refractivity contribution is -0.678. The van der Waals surface area contributed by atoms with Crippen molar-refractivity contribution in [1.82, 2.24) is 9.13 Å². The Morgan fingerprint density at radius 3 is 1.18 bits per heavy atom. The van der Waals surface area contributed by atoms with E-state index in [1.807, 2.05) is 0 Å². The zero-order valence-electron chi connectivity index (χ0n) is 23.3. The van der Waals surface area contributed by atoms with Crippen LogP contribution in [0.2, 0.25) is 0 Å². The first-order valence-electron chi connectivity index (χ1n) is 12.7. The van der Waals surface area contributed by atoms with Crippen molar-refractivity contribution >= 4 is 20.2 Å². The summed E-state index contributed by atoms with van der Waals surface area (Å²) in [6, 6.07) is 3.08. The van der Waals surface area contributed by atoms with Crippen molar-refractivity contribution in [2.24, 2.45) is 28.2 Å². The molecule has 0 amide bonds. The average Bonchev–Trinajstić information content (AvgIpc) is 3.34. The second-order valence-electron chi connectivity index (χ2n) is 9.17. The summed E-state index contributed by atoms with van der Waals surface area (Å²) >= 11 is 0. The fraction of sp³-hybridized carbons (Fsp3) is 0.538. The maximum Gasteiger partial charge on any atom is 0.255 e. The second-order valence-corrected chi connectivity index (χ2v) is 11.9. The molecule has 214 valence electrons. The number of rotatable bonds is 10. The molecule has 0 unspecified atom stereocenters. The maximum atomic E-state index is 10.4. The van der Waals surface area contributed by atoms with Crippen LogP contribution in [0.3, 0.4) is 0 Å². The fourth-order valence-electron chi connectivity index (χ4n) is 3.79. The van der Waals surface area contributed by atoms with Gasteiger partial charge in [0.2, 0.25) is 0 Å². The topological polar surface area (TPSA) is 132 Å². The van der Waals surface area contributed by atoms with Gasteiger partial charge >= 0.3 is 0 Å². The Morgan fingerprint density at radius 2 is 0.974 bits per heavy atom. The van der Waals surface area contributed by atoms with E-state index in [4.69, 9.17) is 0 Å². The summed E-state index contributed by atoms with van der Waals surface area (Å²) in [7, 11) is -0.774. The van der Waals surface area contributed by atoms with E-state index in [1.54, 1.807) is 0 Å². The number of hydrogen-bond acceptors (Lipinski definition) is 6. The Morgan fingerprint density at radius 1 is 0.658 bits per heavy atom. The minimum atomic E-state index is -4.61. The van der Waals surface area contributed by atoms with Crippen molar-refractivity contribution in [2.45, 2.75) is 75.0 Å². The molecule has 0 spiro atoms. The molecule has 2 aromatic heterocycles. The first-order chi connectivity index (χ1) is 17.7. The molecule has 0 atom stereocenters. The number of hydrogen-bond donors (Lipinski definition) is 0. The molecule has 1 aromatic carbocycles. The molecule has 0 aliphatic carbocycles. The maximum absolute atomic E-state index is 10.4. The lowest BCUT2D eigenvalue weighted by Gasteiger charge is -2.09. The largest absolute Gasteiger partial charge is 0.744 e. The van der Waals surface area contributed by atoms with Gasteiger partial charge < -0.3 is 9.11 Å². The Labute approximate surface area is 228 Å². The van der Waals surface area contributed by atoms with Crippen molar-refractivity contribution < 1.29 is 35.1 Å². The molecule has 10 nitrogen and oxygen atoms in total. The summed E-state index contributed by atoms with van der Waals surface area (Å²) in [4.78, 5) is -1.16. The smallest absolute Gasteiger partial charge is 0.255 e. The summed E-state index contributed by atoms with van der Waals surface area (Å²) in [5, 5.41) is 0. The number of nitrogens with zero attached hydrogens (tertiary/aromatic N) is 4. The molecular formula is C26H42N4O6S2. The van der Waals surface area contributed by atoms with Crippen molar-refractivity contribution in [3.05, 3.63) is 60.7 Å².